The normalized spacial score (nSPS) is 10.5. The second-order valence-electron chi connectivity index (χ2n) is 7.29. The fourth-order valence-electron chi connectivity index (χ4n) is 2.88. The van der Waals surface area contributed by atoms with Crippen molar-refractivity contribution in [3.63, 3.8) is 0 Å². The van der Waals surface area contributed by atoms with Gasteiger partial charge in [-0.2, -0.15) is 5.26 Å². The average molecular weight is 521 g/mol. The zero-order chi connectivity index (χ0) is 27.8. The molecular weight excluding hydrogens is 492 g/mol. The van der Waals surface area contributed by atoms with Gasteiger partial charge >= 0.3 is 5.97 Å². The van der Waals surface area contributed by atoms with Crippen LogP contribution >= 0.6 is 0 Å². The van der Waals surface area contributed by atoms with Gasteiger partial charge in [0.25, 0.3) is 0 Å². The monoisotopic (exact) mass is 520 g/mol. The Balaban J connectivity index is 1.90. The highest BCUT2D eigenvalue weighted by Crippen LogP contribution is 2.30. The van der Waals surface area contributed by atoms with E-state index in [4.69, 9.17) is 40.0 Å². The Hall–Kier alpha value is -4.77. The third-order valence-corrected chi connectivity index (χ3v) is 4.73. The highest BCUT2D eigenvalue weighted by atomic mass is 17.2. The molecule has 10 heteroatoms. The van der Waals surface area contributed by atoms with Crippen LogP contribution in [0, 0.1) is 17.9 Å². The molecule has 0 amide bonds. The quantitative estimate of drug-likeness (QED) is 0.0595. The smallest absolute Gasteiger partial charge is 0.348 e. The molecule has 0 radical (unpaired) electrons. The van der Waals surface area contributed by atoms with Gasteiger partial charge in [-0.3, -0.25) is 0 Å². The van der Waals surface area contributed by atoms with Crippen LogP contribution in [-0.2, 0) is 19.3 Å². The van der Waals surface area contributed by atoms with Crippen LogP contribution in [0.1, 0.15) is 11.1 Å². The van der Waals surface area contributed by atoms with Crippen LogP contribution in [0.25, 0.3) is 17.0 Å². The van der Waals surface area contributed by atoms with Gasteiger partial charge in [-0.1, -0.05) is 31.4 Å². The molecule has 2 aromatic rings. The van der Waals surface area contributed by atoms with Gasteiger partial charge in [0, 0.05) is 0 Å². The lowest BCUT2D eigenvalue weighted by Crippen LogP contribution is -2.12. The number of methoxy groups -OCH3 is 2. The van der Waals surface area contributed by atoms with E-state index in [1.807, 2.05) is 18.2 Å². The van der Waals surface area contributed by atoms with Crippen molar-refractivity contribution in [2.24, 2.45) is 0 Å². The fourth-order valence-corrected chi connectivity index (χ4v) is 2.88. The van der Waals surface area contributed by atoms with Gasteiger partial charge in [-0.25, -0.2) is 19.4 Å². The van der Waals surface area contributed by atoms with Crippen molar-refractivity contribution in [3.8, 4) is 29.1 Å². The van der Waals surface area contributed by atoms with Gasteiger partial charge < -0.3 is 23.7 Å². The molecule has 198 valence electrons. The van der Waals surface area contributed by atoms with Crippen LogP contribution in [0.2, 0.25) is 0 Å². The number of hydrogen-bond donors (Lipinski definition) is 0. The maximum absolute atomic E-state index is 12.2. The minimum atomic E-state index is -0.824. The minimum absolute atomic E-state index is 0.0772. The lowest BCUT2D eigenvalue weighted by Gasteiger charge is -2.14. The van der Waals surface area contributed by atoms with E-state index in [9.17, 15) is 10.1 Å². The van der Waals surface area contributed by atoms with E-state index in [1.54, 1.807) is 37.5 Å². The van der Waals surface area contributed by atoms with Crippen LogP contribution in [0.5, 0.6) is 23.0 Å². The van der Waals surface area contributed by atoms with Gasteiger partial charge in [-0.05, 0) is 41.5 Å². The summed E-state index contributed by atoms with van der Waals surface area (Å²) in [6.45, 7) is 14.1. The number of esters is 1. The van der Waals surface area contributed by atoms with E-state index in [0.717, 1.165) is 5.56 Å². The van der Waals surface area contributed by atoms with Crippen LogP contribution in [-0.4, -0.2) is 53.2 Å². The molecule has 0 aromatic heterocycles. The summed E-state index contributed by atoms with van der Waals surface area (Å²) in [6, 6.07) is 12.3. The van der Waals surface area contributed by atoms with Crippen molar-refractivity contribution in [2.45, 2.75) is 0 Å². The summed E-state index contributed by atoms with van der Waals surface area (Å²) in [5, 5.41) is 9.38. The van der Waals surface area contributed by atoms with Gasteiger partial charge in [0.2, 0.25) is 0 Å². The molecule has 0 aliphatic rings. The Morgan fingerprint density at radius 2 is 1.55 bits per heavy atom. The zero-order valence-corrected chi connectivity index (χ0v) is 21.2. The Morgan fingerprint density at radius 1 is 0.947 bits per heavy atom. The summed E-state index contributed by atoms with van der Waals surface area (Å²) in [5.74, 6) is 1.21. The van der Waals surface area contributed by atoms with Crippen molar-refractivity contribution in [1.82, 2.24) is 0 Å². The molecule has 10 nitrogen and oxygen atoms in total. The lowest BCUT2D eigenvalue weighted by atomic mass is 10.1. The molecule has 38 heavy (non-hydrogen) atoms. The van der Waals surface area contributed by atoms with Gasteiger partial charge in [0.15, 0.2) is 28.7 Å². The van der Waals surface area contributed by atoms with Crippen LogP contribution < -0.4 is 18.9 Å². The topological polar surface area (TPSA) is 110 Å². The third-order valence-electron chi connectivity index (χ3n) is 4.73. The van der Waals surface area contributed by atoms with Crippen LogP contribution in [0.15, 0.2) is 60.8 Å². The Kier molecular flexibility index (Phi) is 12.5. The number of carbonyl (C=O) groups excluding carboxylic acids is 1. The summed E-state index contributed by atoms with van der Waals surface area (Å²) < 4.78 is 27.3. The third kappa shape index (κ3) is 9.36. The molecular formula is C28H28N2O8. The summed E-state index contributed by atoms with van der Waals surface area (Å²) in [4.78, 5) is 24.8. The molecule has 0 saturated carbocycles. The number of benzene rings is 2. The van der Waals surface area contributed by atoms with Crippen LogP contribution in [0.4, 0.5) is 0 Å². The lowest BCUT2D eigenvalue weighted by molar-refractivity contribution is -0.291. The molecule has 0 N–H and O–H groups in total. The predicted molar refractivity (Wildman–Crippen MR) is 139 cm³/mol. The molecule has 0 heterocycles. The Labute approximate surface area is 221 Å². The van der Waals surface area contributed by atoms with E-state index in [0.29, 0.717) is 28.6 Å². The van der Waals surface area contributed by atoms with E-state index in [-0.39, 0.29) is 44.3 Å². The maximum Gasteiger partial charge on any atom is 0.348 e. The highest BCUT2D eigenvalue weighted by Gasteiger charge is 2.13. The van der Waals surface area contributed by atoms with E-state index in [2.05, 4.69) is 18.0 Å². The predicted octanol–water partition coefficient (Wildman–Crippen LogP) is 4.64. The van der Waals surface area contributed by atoms with Gasteiger partial charge in [0.05, 0.1) is 20.8 Å². The Bertz CT molecular complexity index is 1240. The Morgan fingerprint density at radius 3 is 2.11 bits per heavy atom. The van der Waals surface area contributed by atoms with Crippen molar-refractivity contribution < 1.29 is 38.3 Å². The number of carbonyl (C=O) groups is 1. The molecule has 0 aliphatic heterocycles. The molecule has 0 bridgehead atoms. The molecule has 0 aliphatic carbocycles. The first-order valence-electron chi connectivity index (χ1n) is 11.3. The molecule has 2 rings (SSSR count). The minimum Gasteiger partial charge on any atom is -0.493 e. The van der Waals surface area contributed by atoms with E-state index < -0.39 is 5.97 Å². The SMILES string of the molecule is [C-]#[N+]C(=C)COOCCOC(=O)C(C#N)=Cc1ccc(OCCOc2ccc(C=C)cc2OC)c(OC)c1. The van der Waals surface area contributed by atoms with Crippen molar-refractivity contribution in [3.05, 3.63) is 83.4 Å². The van der Waals surface area contributed by atoms with Crippen LogP contribution in [0.3, 0.4) is 0 Å². The number of nitrogens with zero attached hydrogens (tertiary/aromatic N) is 2. The summed E-state index contributed by atoms with van der Waals surface area (Å²) >= 11 is 0. The molecule has 0 spiro atoms. The molecule has 0 saturated heterocycles. The van der Waals surface area contributed by atoms with Crippen molar-refractivity contribution in [1.29, 1.82) is 5.26 Å². The largest absolute Gasteiger partial charge is 0.493 e. The summed E-state index contributed by atoms with van der Waals surface area (Å²) in [7, 11) is 3.04. The first kappa shape index (κ1) is 29.5. The zero-order valence-electron chi connectivity index (χ0n) is 21.2. The second-order valence-corrected chi connectivity index (χ2v) is 7.29. The van der Waals surface area contributed by atoms with Gasteiger partial charge in [-0.15, -0.1) is 0 Å². The standard InChI is InChI=1S/C28H28N2O8/c1-6-21-7-9-24(26(16-21)32-4)34-11-12-35-25-10-8-22(17-27(25)33-5)15-23(18-29)28(31)36-13-14-37-38-19-20(2)30-3/h6-10,15-17H,1-2,11-14,19H2,4-5H3. The molecule has 2 aromatic carbocycles. The average Bonchev–Trinajstić information content (AvgIpc) is 2.95. The fraction of sp³-hybridized carbons (Fsp3) is 0.250. The maximum atomic E-state index is 12.2. The number of rotatable bonds is 16. The first-order chi connectivity index (χ1) is 18.4. The first-order valence-corrected chi connectivity index (χ1v) is 11.3. The second kappa shape index (κ2) is 16.1. The summed E-state index contributed by atoms with van der Waals surface area (Å²) in [5.41, 5.74) is 1.40. The molecule has 0 unspecified atom stereocenters. The molecule has 0 atom stereocenters. The van der Waals surface area contributed by atoms with E-state index in [1.165, 1.54) is 13.2 Å². The van der Waals surface area contributed by atoms with Gasteiger partial charge in [0.1, 0.15) is 44.7 Å². The summed E-state index contributed by atoms with van der Waals surface area (Å²) in [6.07, 6.45) is 3.09. The number of nitriles is 1. The van der Waals surface area contributed by atoms with Crippen molar-refractivity contribution >= 4 is 18.1 Å². The number of hydrogen-bond acceptors (Lipinski definition) is 9. The molecule has 0 fully saturated rings. The van der Waals surface area contributed by atoms with Crippen molar-refractivity contribution in [2.75, 3.05) is 47.3 Å². The number of ether oxygens (including phenoxy) is 5. The highest BCUT2D eigenvalue weighted by molar-refractivity contribution is 5.98. The van der Waals surface area contributed by atoms with E-state index >= 15 is 0 Å².